The van der Waals surface area contributed by atoms with Crippen LogP contribution in [0.3, 0.4) is 0 Å². The number of hydrogen-bond donors (Lipinski definition) is 1. The van der Waals surface area contributed by atoms with Gasteiger partial charge >= 0.3 is 5.97 Å². The second kappa shape index (κ2) is 4.72. The van der Waals surface area contributed by atoms with E-state index in [4.69, 9.17) is 10.4 Å². The van der Waals surface area contributed by atoms with E-state index in [1.807, 2.05) is 0 Å². The Bertz CT molecular complexity index is 459. The molecule has 0 fully saturated rings. The molecule has 0 atom stereocenters. The van der Waals surface area contributed by atoms with E-state index in [9.17, 15) is 9.59 Å². The summed E-state index contributed by atoms with van der Waals surface area (Å²) in [5.41, 5.74) is 0.619. The molecule has 0 heterocycles. The van der Waals surface area contributed by atoms with Gasteiger partial charge in [-0.1, -0.05) is 18.2 Å². The Balaban J connectivity index is 2.94. The average molecular weight is 201 g/mol. The molecule has 74 valence electrons. The minimum absolute atomic E-state index is 0.124. The fourth-order valence-electron chi connectivity index (χ4n) is 0.982. The predicted octanol–water partition coefficient (Wildman–Crippen LogP) is 1.14. The van der Waals surface area contributed by atoms with Crippen molar-refractivity contribution in [3.8, 4) is 6.07 Å². The molecule has 0 saturated heterocycles. The minimum atomic E-state index is -1.04. The lowest BCUT2D eigenvalue weighted by molar-refractivity contribution is -0.132. The summed E-state index contributed by atoms with van der Waals surface area (Å²) in [4.78, 5) is 21.4. The number of carbonyl (C=O) groups excluding carboxylic acids is 1. The summed E-state index contributed by atoms with van der Waals surface area (Å²) in [6.07, 6.45) is 8.47. The van der Waals surface area contributed by atoms with Crippen LogP contribution in [0.2, 0.25) is 0 Å². The molecule has 1 N–H and O–H groups in total. The van der Waals surface area contributed by atoms with Gasteiger partial charge < -0.3 is 5.11 Å². The maximum atomic E-state index is 10.8. The van der Waals surface area contributed by atoms with Gasteiger partial charge in [0.1, 0.15) is 6.07 Å². The Kier molecular flexibility index (Phi) is 3.36. The van der Waals surface area contributed by atoms with E-state index in [2.05, 4.69) is 0 Å². The third kappa shape index (κ3) is 3.08. The van der Waals surface area contributed by atoms with E-state index < -0.39 is 11.8 Å². The number of hydrogen-bond acceptors (Lipinski definition) is 3. The number of carbonyl (C=O) groups is 2. The molecule has 1 rings (SSSR count). The second-order valence-electron chi connectivity index (χ2n) is 2.74. The van der Waals surface area contributed by atoms with Crippen molar-refractivity contribution < 1.29 is 14.7 Å². The zero-order valence-corrected chi connectivity index (χ0v) is 7.68. The second-order valence-corrected chi connectivity index (χ2v) is 2.74. The summed E-state index contributed by atoms with van der Waals surface area (Å²) in [6, 6.07) is 1.45. The first kappa shape index (κ1) is 10.7. The van der Waals surface area contributed by atoms with Crippen molar-refractivity contribution in [3.05, 3.63) is 47.6 Å². The van der Waals surface area contributed by atoms with Crippen LogP contribution in [-0.2, 0) is 9.59 Å². The number of ketones is 1. The molecule has 0 unspecified atom stereocenters. The van der Waals surface area contributed by atoms with Crippen molar-refractivity contribution in [1.29, 1.82) is 5.26 Å². The number of carboxylic acids is 1. The highest BCUT2D eigenvalue weighted by Crippen LogP contribution is 2.09. The lowest BCUT2D eigenvalue weighted by atomic mass is 10.2. The molecule has 0 aromatic heterocycles. The topological polar surface area (TPSA) is 78.2 Å². The summed E-state index contributed by atoms with van der Waals surface area (Å²) < 4.78 is 0. The molecule has 0 aliphatic heterocycles. The molecule has 4 heteroatoms. The summed E-state index contributed by atoms with van der Waals surface area (Å²) in [5, 5.41) is 17.0. The standard InChI is InChI=1S/C11H7NO3/c12-7-10(13)6-8-2-1-3-9(5-4-8)11(14)15/h1-6H,(H,14,15)/b8-6+. The van der Waals surface area contributed by atoms with Crippen LogP contribution in [0.4, 0.5) is 0 Å². The Labute approximate surface area is 86.1 Å². The predicted molar refractivity (Wildman–Crippen MR) is 52.7 cm³/mol. The van der Waals surface area contributed by atoms with Gasteiger partial charge in [0.05, 0.1) is 5.57 Å². The highest BCUT2D eigenvalue weighted by Gasteiger charge is 2.04. The van der Waals surface area contributed by atoms with E-state index in [1.165, 1.54) is 30.4 Å². The summed E-state index contributed by atoms with van der Waals surface area (Å²) in [7, 11) is 0. The number of allylic oxidation sites excluding steroid dienone is 6. The Hall–Kier alpha value is -2.41. The highest BCUT2D eigenvalue weighted by molar-refractivity contribution is 6.03. The first-order valence-electron chi connectivity index (χ1n) is 4.09. The van der Waals surface area contributed by atoms with Crippen LogP contribution in [0.5, 0.6) is 0 Å². The van der Waals surface area contributed by atoms with Crippen molar-refractivity contribution in [1.82, 2.24) is 0 Å². The molecule has 0 saturated carbocycles. The van der Waals surface area contributed by atoms with E-state index in [1.54, 1.807) is 6.08 Å². The smallest absolute Gasteiger partial charge is 0.335 e. The minimum Gasteiger partial charge on any atom is -0.478 e. The monoisotopic (exact) mass is 201 g/mol. The van der Waals surface area contributed by atoms with Crippen molar-refractivity contribution in [2.45, 2.75) is 0 Å². The molecule has 4 nitrogen and oxygen atoms in total. The van der Waals surface area contributed by atoms with Gasteiger partial charge in [0.15, 0.2) is 0 Å². The third-order valence-electron chi connectivity index (χ3n) is 1.67. The molecular formula is C11H7NO3. The molecule has 1 aliphatic carbocycles. The number of nitrogens with zero attached hydrogens (tertiary/aromatic N) is 1. The van der Waals surface area contributed by atoms with E-state index in [0.717, 1.165) is 6.08 Å². The van der Waals surface area contributed by atoms with Gasteiger partial charge in [0, 0.05) is 6.08 Å². The van der Waals surface area contributed by atoms with E-state index in [0.29, 0.717) is 5.57 Å². The summed E-state index contributed by atoms with van der Waals surface area (Å²) >= 11 is 0. The maximum Gasteiger partial charge on any atom is 0.335 e. The Morgan fingerprint density at radius 1 is 1.33 bits per heavy atom. The molecule has 1 aliphatic rings. The van der Waals surface area contributed by atoms with E-state index >= 15 is 0 Å². The van der Waals surface area contributed by atoms with Crippen LogP contribution in [0.1, 0.15) is 0 Å². The van der Waals surface area contributed by atoms with Crippen LogP contribution in [-0.4, -0.2) is 16.9 Å². The Morgan fingerprint density at radius 3 is 2.67 bits per heavy atom. The molecule has 0 bridgehead atoms. The number of carboxylic acid groups (broad SMARTS) is 1. The van der Waals surface area contributed by atoms with Gasteiger partial charge in [-0.2, -0.15) is 5.26 Å². The summed E-state index contributed by atoms with van der Waals surface area (Å²) in [6.45, 7) is 0. The molecule has 0 aromatic carbocycles. The zero-order valence-electron chi connectivity index (χ0n) is 7.68. The van der Waals surface area contributed by atoms with Gasteiger partial charge in [0.25, 0.3) is 5.78 Å². The highest BCUT2D eigenvalue weighted by atomic mass is 16.4. The zero-order chi connectivity index (χ0) is 11.3. The molecule has 0 spiro atoms. The Morgan fingerprint density at radius 2 is 2.07 bits per heavy atom. The molecule has 0 radical (unpaired) electrons. The van der Waals surface area contributed by atoms with Gasteiger partial charge in [0.2, 0.25) is 0 Å². The van der Waals surface area contributed by atoms with Crippen molar-refractivity contribution in [2.75, 3.05) is 0 Å². The van der Waals surface area contributed by atoms with Crippen molar-refractivity contribution >= 4 is 11.8 Å². The number of nitriles is 1. The van der Waals surface area contributed by atoms with Gasteiger partial charge in [-0.15, -0.1) is 0 Å². The molecule has 0 amide bonds. The van der Waals surface area contributed by atoms with Gasteiger partial charge in [-0.05, 0) is 17.7 Å². The van der Waals surface area contributed by atoms with Crippen LogP contribution in [0, 0.1) is 11.3 Å². The van der Waals surface area contributed by atoms with Crippen molar-refractivity contribution in [3.63, 3.8) is 0 Å². The average Bonchev–Trinajstić information content (AvgIpc) is 2.43. The SMILES string of the molecule is N#CC(=O)/C=C1\C=CC=C(C(=O)O)C=C1. The summed E-state index contributed by atoms with van der Waals surface area (Å²) in [5.74, 6) is -1.71. The lowest BCUT2D eigenvalue weighted by Crippen LogP contribution is -1.96. The van der Waals surface area contributed by atoms with Gasteiger partial charge in [-0.3, -0.25) is 4.79 Å². The molecule has 15 heavy (non-hydrogen) atoms. The fraction of sp³-hybridized carbons (Fsp3) is 0. The van der Waals surface area contributed by atoms with Gasteiger partial charge in [-0.25, -0.2) is 4.79 Å². The normalized spacial score (nSPS) is 16.7. The quantitative estimate of drug-likeness (QED) is 0.536. The van der Waals surface area contributed by atoms with E-state index in [-0.39, 0.29) is 5.57 Å². The third-order valence-corrected chi connectivity index (χ3v) is 1.67. The van der Waals surface area contributed by atoms with Crippen LogP contribution in [0.25, 0.3) is 0 Å². The number of aliphatic carboxylic acids is 1. The largest absolute Gasteiger partial charge is 0.478 e. The van der Waals surface area contributed by atoms with Crippen molar-refractivity contribution in [2.24, 2.45) is 0 Å². The lowest BCUT2D eigenvalue weighted by Gasteiger charge is -1.89. The fourth-order valence-corrected chi connectivity index (χ4v) is 0.982. The van der Waals surface area contributed by atoms with Crippen LogP contribution >= 0.6 is 0 Å². The molecule has 0 aromatic rings. The van der Waals surface area contributed by atoms with Crippen LogP contribution < -0.4 is 0 Å². The first-order valence-corrected chi connectivity index (χ1v) is 4.09. The molecular weight excluding hydrogens is 194 g/mol. The van der Waals surface area contributed by atoms with Crippen LogP contribution in [0.15, 0.2) is 47.6 Å². The first-order chi connectivity index (χ1) is 7.13. The maximum absolute atomic E-state index is 10.8. The number of rotatable bonds is 2.